The fraction of sp³-hybridized carbons (Fsp3) is 0.643. The second kappa shape index (κ2) is 6.25. The van der Waals surface area contributed by atoms with Crippen molar-refractivity contribution in [2.45, 2.75) is 57.9 Å². The second-order valence-electron chi connectivity index (χ2n) is 4.98. The summed E-state index contributed by atoms with van der Waals surface area (Å²) in [5.74, 6) is 0. The Morgan fingerprint density at radius 2 is 1.82 bits per heavy atom. The van der Waals surface area contributed by atoms with Crippen LogP contribution in [0.3, 0.4) is 0 Å². The number of pyridine rings is 1. The zero-order chi connectivity index (χ0) is 12.1. The third-order valence-corrected chi connectivity index (χ3v) is 3.85. The van der Waals surface area contributed by atoms with Crippen LogP contribution in [0.15, 0.2) is 12.3 Å². The third-order valence-electron chi connectivity index (χ3n) is 3.57. The van der Waals surface area contributed by atoms with E-state index in [4.69, 9.17) is 11.6 Å². The zero-order valence-corrected chi connectivity index (χ0v) is 11.3. The minimum absolute atomic E-state index is 0.565. The Kier molecular flexibility index (Phi) is 4.66. The molecule has 94 valence electrons. The average Bonchev–Trinajstić information content (AvgIpc) is 2.26. The van der Waals surface area contributed by atoms with E-state index in [0.29, 0.717) is 11.2 Å². The number of anilines is 1. The molecule has 2 rings (SSSR count). The Morgan fingerprint density at radius 3 is 2.47 bits per heavy atom. The lowest BCUT2D eigenvalue weighted by atomic mass is 9.96. The monoisotopic (exact) mass is 252 g/mol. The van der Waals surface area contributed by atoms with Gasteiger partial charge in [-0.15, -0.1) is 0 Å². The van der Waals surface area contributed by atoms with Gasteiger partial charge in [0.05, 0.1) is 5.69 Å². The summed E-state index contributed by atoms with van der Waals surface area (Å²) >= 11 is 6.15. The van der Waals surface area contributed by atoms with E-state index in [-0.39, 0.29) is 0 Å². The molecule has 0 unspecified atom stereocenters. The van der Waals surface area contributed by atoms with Crippen molar-refractivity contribution in [1.29, 1.82) is 0 Å². The predicted octanol–water partition coefficient (Wildman–Crippen LogP) is 4.57. The molecule has 0 saturated heterocycles. The average molecular weight is 253 g/mol. The highest BCUT2D eigenvalue weighted by Gasteiger charge is 2.14. The first-order valence-corrected chi connectivity index (χ1v) is 7.03. The molecule has 1 aliphatic rings. The smallest absolute Gasteiger partial charge is 0.152 e. The maximum atomic E-state index is 6.15. The Morgan fingerprint density at radius 1 is 1.18 bits per heavy atom. The van der Waals surface area contributed by atoms with Crippen LogP contribution >= 0.6 is 11.6 Å². The van der Waals surface area contributed by atoms with Gasteiger partial charge in [-0.3, -0.25) is 0 Å². The molecular weight excluding hydrogens is 232 g/mol. The van der Waals surface area contributed by atoms with Crippen molar-refractivity contribution < 1.29 is 0 Å². The molecule has 1 saturated carbocycles. The molecule has 0 aliphatic heterocycles. The highest BCUT2D eigenvalue weighted by Crippen LogP contribution is 2.27. The zero-order valence-electron chi connectivity index (χ0n) is 10.5. The van der Waals surface area contributed by atoms with Crippen LogP contribution in [-0.2, 0) is 0 Å². The van der Waals surface area contributed by atoms with Crippen LogP contribution in [-0.4, -0.2) is 11.0 Å². The highest BCUT2D eigenvalue weighted by atomic mass is 35.5. The minimum atomic E-state index is 0.565. The maximum absolute atomic E-state index is 6.15. The SMILES string of the molecule is Cc1ccnc(Cl)c1NC1CCCCCCC1. The molecule has 1 aromatic heterocycles. The molecule has 2 nitrogen and oxygen atoms in total. The van der Waals surface area contributed by atoms with Gasteiger partial charge in [-0.1, -0.05) is 43.7 Å². The number of aromatic nitrogens is 1. The van der Waals surface area contributed by atoms with Crippen molar-refractivity contribution in [1.82, 2.24) is 4.98 Å². The number of hydrogen-bond acceptors (Lipinski definition) is 2. The van der Waals surface area contributed by atoms with Crippen molar-refractivity contribution >= 4 is 17.3 Å². The van der Waals surface area contributed by atoms with Gasteiger partial charge in [0.15, 0.2) is 5.15 Å². The summed E-state index contributed by atoms with van der Waals surface area (Å²) in [7, 11) is 0. The lowest BCUT2D eigenvalue weighted by Crippen LogP contribution is -2.21. The molecule has 3 heteroatoms. The van der Waals surface area contributed by atoms with Gasteiger partial charge < -0.3 is 5.32 Å². The van der Waals surface area contributed by atoms with Gasteiger partial charge in [0, 0.05) is 12.2 Å². The molecule has 0 spiro atoms. The van der Waals surface area contributed by atoms with Gasteiger partial charge in [0.2, 0.25) is 0 Å². The molecule has 0 aromatic carbocycles. The molecule has 0 bridgehead atoms. The fourth-order valence-electron chi connectivity index (χ4n) is 2.50. The third kappa shape index (κ3) is 3.60. The van der Waals surface area contributed by atoms with E-state index in [9.17, 15) is 0 Å². The first-order chi connectivity index (χ1) is 8.27. The predicted molar refractivity (Wildman–Crippen MR) is 73.7 cm³/mol. The number of rotatable bonds is 2. The Hall–Kier alpha value is -0.760. The second-order valence-corrected chi connectivity index (χ2v) is 5.34. The lowest BCUT2D eigenvalue weighted by molar-refractivity contribution is 0.471. The molecule has 17 heavy (non-hydrogen) atoms. The van der Waals surface area contributed by atoms with E-state index in [2.05, 4.69) is 17.2 Å². The summed E-state index contributed by atoms with van der Waals surface area (Å²) in [6.45, 7) is 2.08. The lowest BCUT2D eigenvalue weighted by Gasteiger charge is -2.23. The van der Waals surface area contributed by atoms with Gasteiger partial charge >= 0.3 is 0 Å². The molecule has 1 N–H and O–H groups in total. The van der Waals surface area contributed by atoms with Gasteiger partial charge in [0.25, 0.3) is 0 Å². The van der Waals surface area contributed by atoms with Crippen molar-refractivity contribution in [3.8, 4) is 0 Å². The summed E-state index contributed by atoms with van der Waals surface area (Å²) in [4.78, 5) is 4.15. The molecule has 1 fully saturated rings. The van der Waals surface area contributed by atoms with Crippen molar-refractivity contribution in [3.05, 3.63) is 23.0 Å². The molecular formula is C14H21ClN2. The Balaban J connectivity index is 2.03. The van der Waals surface area contributed by atoms with Crippen molar-refractivity contribution in [2.75, 3.05) is 5.32 Å². The van der Waals surface area contributed by atoms with E-state index >= 15 is 0 Å². The summed E-state index contributed by atoms with van der Waals surface area (Å²) in [5.41, 5.74) is 2.21. The van der Waals surface area contributed by atoms with Crippen molar-refractivity contribution in [3.63, 3.8) is 0 Å². The molecule has 1 aliphatic carbocycles. The number of aryl methyl sites for hydroxylation is 1. The van der Waals surface area contributed by atoms with Gasteiger partial charge in [0.1, 0.15) is 0 Å². The summed E-state index contributed by atoms with van der Waals surface area (Å²) in [6, 6.07) is 2.58. The maximum Gasteiger partial charge on any atom is 0.152 e. The van der Waals surface area contributed by atoms with Gasteiger partial charge in [-0.05, 0) is 31.4 Å². The van der Waals surface area contributed by atoms with Crippen LogP contribution in [0.1, 0.15) is 50.5 Å². The summed E-state index contributed by atoms with van der Waals surface area (Å²) < 4.78 is 0. The van der Waals surface area contributed by atoms with Gasteiger partial charge in [-0.2, -0.15) is 0 Å². The standard InChI is InChI=1S/C14H21ClN2/c1-11-9-10-16-14(15)13(11)17-12-7-5-3-2-4-6-8-12/h9-10,12,17H,2-8H2,1H3. The molecule has 0 amide bonds. The number of nitrogens with one attached hydrogen (secondary N) is 1. The van der Waals surface area contributed by atoms with E-state index in [1.54, 1.807) is 6.20 Å². The van der Waals surface area contributed by atoms with Gasteiger partial charge in [-0.25, -0.2) is 4.98 Å². The van der Waals surface area contributed by atoms with Crippen LogP contribution in [0.5, 0.6) is 0 Å². The molecule has 0 atom stereocenters. The molecule has 0 radical (unpaired) electrons. The Bertz CT molecular complexity index is 337. The quantitative estimate of drug-likeness (QED) is 0.780. The van der Waals surface area contributed by atoms with Crippen LogP contribution in [0.2, 0.25) is 5.15 Å². The van der Waals surface area contributed by atoms with Crippen LogP contribution in [0.25, 0.3) is 0 Å². The first-order valence-electron chi connectivity index (χ1n) is 6.65. The van der Waals surface area contributed by atoms with Crippen LogP contribution < -0.4 is 5.32 Å². The topological polar surface area (TPSA) is 24.9 Å². The number of halogens is 1. The number of hydrogen-bond donors (Lipinski definition) is 1. The van der Waals surface area contributed by atoms with E-state index in [0.717, 1.165) is 5.69 Å². The normalized spacial score (nSPS) is 18.5. The van der Waals surface area contributed by atoms with E-state index < -0.39 is 0 Å². The summed E-state index contributed by atoms with van der Waals surface area (Å²) in [5, 5.41) is 4.19. The highest BCUT2D eigenvalue weighted by molar-refractivity contribution is 6.32. The van der Waals surface area contributed by atoms with Crippen molar-refractivity contribution in [2.24, 2.45) is 0 Å². The minimum Gasteiger partial charge on any atom is -0.380 e. The largest absolute Gasteiger partial charge is 0.380 e. The van der Waals surface area contributed by atoms with Crippen LogP contribution in [0.4, 0.5) is 5.69 Å². The molecule has 1 heterocycles. The van der Waals surface area contributed by atoms with Crippen LogP contribution in [0, 0.1) is 6.92 Å². The first kappa shape index (κ1) is 12.7. The fourth-order valence-corrected chi connectivity index (χ4v) is 2.76. The van der Waals surface area contributed by atoms with E-state index in [1.165, 1.54) is 50.5 Å². The Labute approximate surface area is 109 Å². The van der Waals surface area contributed by atoms with E-state index in [1.807, 2.05) is 6.07 Å². The molecule has 1 aromatic rings. The number of nitrogens with zero attached hydrogens (tertiary/aromatic N) is 1. The summed E-state index contributed by atoms with van der Waals surface area (Å²) in [6.07, 6.45) is 11.1.